The van der Waals surface area contributed by atoms with Gasteiger partial charge in [-0.25, -0.2) is 0 Å². The van der Waals surface area contributed by atoms with Crippen molar-refractivity contribution in [2.24, 2.45) is 17.8 Å². The topological polar surface area (TPSA) is 188 Å². The molecule has 1 saturated carbocycles. The third-order valence-corrected chi connectivity index (χ3v) is 7.63. The van der Waals surface area contributed by atoms with Crippen molar-refractivity contribution in [3.63, 3.8) is 0 Å². The molecule has 11 unspecified atom stereocenters. The van der Waals surface area contributed by atoms with Gasteiger partial charge in [0.1, 0.15) is 36.1 Å². The van der Waals surface area contributed by atoms with E-state index in [0.29, 0.717) is 5.56 Å². The highest BCUT2D eigenvalue weighted by molar-refractivity contribution is 5.97. The molecule has 6 N–H and O–H groups in total. The first kappa shape index (κ1) is 26.1. The number of rotatable bonds is 8. The number of benzene rings is 1. The molecule has 37 heavy (non-hydrogen) atoms. The van der Waals surface area contributed by atoms with Crippen LogP contribution in [0.4, 0.5) is 0 Å². The first-order valence-corrected chi connectivity index (χ1v) is 11.9. The first-order chi connectivity index (χ1) is 17.7. The Hall–Kier alpha value is -2.55. The van der Waals surface area contributed by atoms with E-state index in [0.717, 1.165) is 0 Å². The number of allylic oxidation sites excluding steroid dienone is 2. The summed E-state index contributed by atoms with van der Waals surface area (Å²) in [6, 6.07) is 4.67. The maximum Gasteiger partial charge on any atom is 0.208 e. The first-order valence-electron chi connectivity index (χ1n) is 11.9. The lowest BCUT2D eigenvalue weighted by Gasteiger charge is -2.43. The van der Waals surface area contributed by atoms with Gasteiger partial charge in [0, 0.05) is 5.92 Å². The molecule has 1 aromatic carbocycles. The van der Waals surface area contributed by atoms with Crippen LogP contribution in [-0.4, -0.2) is 105 Å². The number of hydrogen-bond donors (Lipinski definition) is 6. The molecule has 5 rings (SSSR count). The Morgan fingerprint density at radius 1 is 1.14 bits per heavy atom. The third kappa shape index (κ3) is 4.33. The van der Waals surface area contributed by atoms with Gasteiger partial charge in [0.2, 0.25) is 6.29 Å². The van der Waals surface area contributed by atoms with Gasteiger partial charge in [-0.3, -0.25) is 4.79 Å². The largest absolute Gasteiger partial charge is 0.504 e. The minimum Gasteiger partial charge on any atom is -0.504 e. The zero-order valence-electron chi connectivity index (χ0n) is 19.9. The SMILES string of the molecule is COc1cc(C=CC(=O)C2C3C=COC(OC4OC(CO)C(O)C(O)C4O)C3C3(CO)OC23)ccc1O. The van der Waals surface area contributed by atoms with Crippen molar-refractivity contribution in [3.8, 4) is 11.5 Å². The predicted octanol–water partition coefficient (Wildman–Crippen LogP) is -1.34. The normalized spacial score (nSPS) is 42.2. The molecule has 1 aliphatic carbocycles. The molecule has 0 aromatic heterocycles. The number of aliphatic hydroxyl groups excluding tert-OH is 5. The Kier molecular flexibility index (Phi) is 7.02. The second-order valence-corrected chi connectivity index (χ2v) is 9.61. The molecular formula is C25H30O12. The molecule has 3 aliphatic heterocycles. The fourth-order valence-electron chi connectivity index (χ4n) is 5.64. The smallest absolute Gasteiger partial charge is 0.208 e. The van der Waals surface area contributed by atoms with Crippen molar-refractivity contribution in [3.05, 3.63) is 42.2 Å². The minimum absolute atomic E-state index is 0.0264. The summed E-state index contributed by atoms with van der Waals surface area (Å²) in [6.07, 6.45) is -3.14. The lowest BCUT2D eigenvalue weighted by Crippen LogP contribution is -2.60. The van der Waals surface area contributed by atoms with E-state index < -0.39 is 79.7 Å². The van der Waals surface area contributed by atoms with E-state index in [1.807, 2.05) is 0 Å². The molecule has 11 atom stereocenters. The average Bonchev–Trinajstić information content (AvgIpc) is 3.56. The molecule has 3 heterocycles. The van der Waals surface area contributed by atoms with Crippen LogP contribution in [0.1, 0.15) is 5.56 Å². The van der Waals surface area contributed by atoms with Crippen molar-refractivity contribution in [2.45, 2.75) is 48.7 Å². The van der Waals surface area contributed by atoms with Gasteiger partial charge < -0.3 is 54.3 Å². The summed E-state index contributed by atoms with van der Waals surface area (Å²) in [5, 5.41) is 59.9. The van der Waals surface area contributed by atoms with Gasteiger partial charge in [0.15, 0.2) is 23.6 Å². The van der Waals surface area contributed by atoms with E-state index in [1.165, 1.54) is 25.5 Å². The Labute approximate surface area is 211 Å². The molecule has 12 heteroatoms. The summed E-state index contributed by atoms with van der Waals surface area (Å²) in [5.74, 6) is -1.77. The maximum absolute atomic E-state index is 13.3. The van der Waals surface area contributed by atoms with Crippen molar-refractivity contribution in [1.82, 2.24) is 0 Å². The van der Waals surface area contributed by atoms with E-state index in [9.17, 15) is 35.4 Å². The number of aromatic hydroxyl groups is 1. The van der Waals surface area contributed by atoms with Crippen molar-refractivity contribution >= 4 is 11.9 Å². The van der Waals surface area contributed by atoms with E-state index >= 15 is 0 Å². The van der Waals surface area contributed by atoms with Gasteiger partial charge >= 0.3 is 0 Å². The van der Waals surface area contributed by atoms with Crippen LogP contribution in [-0.2, 0) is 23.7 Å². The summed E-state index contributed by atoms with van der Waals surface area (Å²) < 4.78 is 27.9. The second kappa shape index (κ2) is 9.97. The van der Waals surface area contributed by atoms with Crippen molar-refractivity contribution < 1.29 is 59.1 Å². The number of ether oxygens (including phenoxy) is 5. The number of ketones is 1. The Morgan fingerprint density at radius 2 is 1.92 bits per heavy atom. The van der Waals surface area contributed by atoms with Gasteiger partial charge in [-0.05, 0) is 29.8 Å². The van der Waals surface area contributed by atoms with Crippen molar-refractivity contribution in [2.75, 3.05) is 20.3 Å². The Bertz CT molecular complexity index is 1070. The van der Waals surface area contributed by atoms with Crippen LogP contribution in [0.15, 0.2) is 36.6 Å². The lowest BCUT2D eigenvalue weighted by molar-refractivity contribution is -0.344. The van der Waals surface area contributed by atoms with Crippen LogP contribution < -0.4 is 4.74 Å². The second-order valence-electron chi connectivity index (χ2n) is 9.61. The van der Waals surface area contributed by atoms with Crippen LogP contribution in [0.3, 0.4) is 0 Å². The average molecular weight is 523 g/mol. The highest BCUT2D eigenvalue weighted by atomic mass is 16.8. The number of phenols is 1. The van der Waals surface area contributed by atoms with Crippen molar-refractivity contribution in [1.29, 1.82) is 0 Å². The lowest BCUT2D eigenvalue weighted by atomic mass is 9.82. The van der Waals surface area contributed by atoms with Gasteiger partial charge in [-0.1, -0.05) is 12.1 Å². The van der Waals surface area contributed by atoms with Crippen LogP contribution in [0.5, 0.6) is 11.5 Å². The minimum atomic E-state index is -1.64. The standard InChI is InChI=1S/C25H30O12/c1-33-15-8-11(2-4-13(15)28)3-5-14(29)17-12-6-7-34-23(18(12)25(10-27)22(17)37-25)36-24-21(32)20(31)19(30)16(9-26)35-24/h2-8,12,16-24,26-28,30-32H,9-10H2,1H3. The molecule has 3 fully saturated rings. The highest BCUT2D eigenvalue weighted by Crippen LogP contribution is 2.62. The number of methoxy groups -OCH3 is 1. The number of aliphatic hydroxyl groups is 5. The third-order valence-electron chi connectivity index (χ3n) is 7.63. The molecule has 0 radical (unpaired) electrons. The fraction of sp³-hybridized carbons (Fsp3) is 0.560. The highest BCUT2D eigenvalue weighted by Gasteiger charge is 2.76. The monoisotopic (exact) mass is 522 g/mol. The Balaban J connectivity index is 1.35. The van der Waals surface area contributed by atoms with E-state index in [4.69, 9.17) is 23.7 Å². The van der Waals surface area contributed by atoms with E-state index in [2.05, 4.69) is 0 Å². The molecule has 202 valence electrons. The van der Waals surface area contributed by atoms with E-state index in [1.54, 1.807) is 24.3 Å². The molecule has 4 aliphatic rings. The molecule has 0 spiro atoms. The van der Waals surface area contributed by atoms with Gasteiger partial charge in [-0.15, -0.1) is 0 Å². The van der Waals surface area contributed by atoms with Crippen LogP contribution >= 0.6 is 0 Å². The predicted molar refractivity (Wildman–Crippen MR) is 123 cm³/mol. The maximum atomic E-state index is 13.3. The van der Waals surface area contributed by atoms with E-state index in [-0.39, 0.29) is 17.3 Å². The zero-order chi connectivity index (χ0) is 26.5. The number of carbonyl (C=O) groups is 1. The molecule has 0 amide bonds. The molecule has 1 aromatic rings. The van der Waals surface area contributed by atoms with Crippen LogP contribution in [0.2, 0.25) is 0 Å². The van der Waals surface area contributed by atoms with Crippen LogP contribution in [0, 0.1) is 17.8 Å². The van der Waals surface area contributed by atoms with Gasteiger partial charge in [0.05, 0.1) is 38.4 Å². The molecule has 0 bridgehead atoms. The number of fused-ring (bicyclic) bond motifs is 3. The molecule has 12 nitrogen and oxygen atoms in total. The number of epoxide rings is 1. The molecular weight excluding hydrogens is 492 g/mol. The quantitative estimate of drug-likeness (QED) is 0.175. The summed E-state index contributed by atoms with van der Waals surface area (Å²) in [6.45, 7) is -1.03. The number of carbonyl (C=O) groups excluding carboxylic acids is 1. The summed E-state index contributed by atoms with van der Waals surface area (Å²) in [5.41, 5.74) is -0.488. The molecule has 2 saturated heterocycles. The summed E-state index contributed by atoms with van der Waals surface area (Å²) in [4.78, 5) is 13.3. The fourth-order valence-corrected chi connectivity index (χ4v) is 5.64. The van der Waals surface area contributed by atoms with Gasteiger partial charge in [0.25, 0.3) is 0 Å². The summed E-state index contributed by atoms with van der Waals surface area (Å²) >= 11 is 0. The zero-order valence-corrected chi connectivity index (χ0v) is 19.9. The number of phenolic OH excluding ortho intramolecular Hbond substituents is 1. The summed E-state index contributed by atoms with van der Waals surface area (Å²) in [7, 11) is 1.42. The number of hydrogen-bond acceptors (Lipinski definition) is 12. The van der Waals surface area contributed by atoms with Gasteiger partial charge in [-0.2, -0.15) is 0 Å². The Morgan fingerprint density at radius 3 is 2.62 bits per heavy atom. The van der Waals surface area contributed by atoms with Crippen LogP contribution in [0.25, 0.3) is 6.08 Å².